The van der Waals surface area contributed by atoms with Gasteiger partial charge in [-0.2, -0.15) is 0 Å². The van der Waals surface area contributed by atoms with Crippen LogP contribution in [0, 0.1) is 5.92 Å². The lowest BCUT2D eigenvalue weighted by Crippen LogP contribution is -2.34. The van der Waals surface area contributed by atoms with E-state index in [0.717, 1.165) is 0 Å². The Hall–Kier alpha value is -1.71. The molecule has 82 valence electrons. The number of aliphatic carboxylic acids is 1. The molecule has 1 aromatic carbocycles. The van der Waals surface area contributed by atoms with E-state index in [0.29, 0.717) is 5.69 Å². The monoisotopic (exact) mass is 209 g/mol. The molecule has 0 saturated heterocycles. The van der Waals surface area contributed by atoms with E-state index in [9.17, 15) is 4.79 Å². The van der Waals surface area contributed by atoms with Gasteiger partial charge in [0.25, 0.3) is 0 Å². The number of carboxylic acids is 1. The first-order valence-electron chi connectivity index (χ1n) is 4.79. The van der Waals surface area contributed by atoms with E-state index in [2.05, 4.69) is 5.32 Å². The van der Waals surface area contributed by atoms with Gasteiger partial charge in [0.05, 0.1) is 0 Å². The van der Waals surface area contributed by atoms with Gasteiger partial charge in [0.1, 0.15) is 11.8 Å². The highest BCUT2D eigenvalue weighted by Crippen LogP contribution is 2.16. The molecule has 0 saturated carbocycles. The average Bonchev–Trinajstić information content (AvgIpc) is 2.15. The van der Waals surface area contributed by atoms with Gasteiger partial charge in [-0.1, -0.05) is 13.8 Å². The number of hydrogen-bond acceptors (Lipinski definition) is 3. The molecule has 4 nitrogen and oxygen atoms in total. The molecule has 0 aromatic heterocycles. The maximum atomic E-state index is 10.9. The highest BCUT2D eigenvalue weighted by Gasteiger charge is 2.20. The van der Waals surface area contributed by atoms with E-state index in [1.54, 1.807) is 12.1 Å². The van der Waals surface area contributed by atoms with Crippen LogP contribution >= 0.6 is 0 Å². The number of phenolic OH excluding ortho intramolecular Hbond substituents is 1. The zero-order chi connectivity index (χ0) is 11.4. The summed E-state index contributed by atoms with van der Waals surface area (Å²) in [5.41, 5.74) is 0.689. The summed E-state index contributed by atoms with van der Waals surface area (Å²) in [6.07, 6.45) is 0. The van der Waals surface area contributed by atoms with Crippen molar-refractivity contribution in [1.82, 2.24) is 0 Å². The van der Waals surface area contributed by atoms with E-state index in [1.165, 1.54) is 12.1 Å². The van der Waals surface area contributed by atoms with Gasteiger partial charge in [-0.3, -0.25) is 0 Å². The van der Waals surface area contributed by atoms with Gasteiger partial charge >= 0.3 is 5.97 Å². The molecule has 1 rings (SSSR count). The molecule has 4 heteroatoms. The number of aromatic hydroxyl groups is 1. The number of hydrogen-bond donors (Lipinski definition) is 3. The third-order valence-electron chi connectivity index (χ3n) is 2.12. The zero-order valence-corrected chi connectivity index (χ0v) is 8.77. The summed E-state index contributed by atoms with van der Waals surface area (Å²) in [5, 5.41) is 20.9. The second-order valence-corrected chi connectivity index (χ2v) is 3.75. The number of phenols is 1. The summed E-state index contributed by atoms with van der Waals surface area (Å²) in [7, 11) is 0. The van der Waals surface area contributed by atoms with Crippen LogP contribution in [0.2, 0.25) is 0 Å². The number of nitrogens with one attached hydrogen (secondary N) is 1. The molecule has 0 spiro atoms. The van der Waals surface area contributed by atoms with Crippen molar-refractivity contribution in [3.63, 3.8) is 0 Å². The molecule has 0 amide bonds. The Morgan fingerprint density at radius 2 is 1.80 bits per heavy atom. The fourth-order valence-electron chi connectivity index (χ4n) is 1.25. The average molecular weight is 209 g/mol. The van der Waals surface area contributed by atoms with E-state index in [-0.39, 0.29) is 11.7 Å². The van der Waals surface area contributed by atoms with Crippen LogP contribution in [0.15, 0.2) is 24.3 Å². The number of rotatable bonds is 4. The first kappa shape index (κ1) is 11.4. The predicted molar refractivity (Wildman–Crippen MR) is 58.0 cm³/mol. The van der Waals surface area contributed by atoms with Crippen LogP contribution in [-0.4, -0.2) is 22.2 Å². The Morgan fingerprint density at radius 3 is 2.20 bits per heavy atom. The normalized spacial score (nSPS) is 12.5. The maximum Gasteiger partial charge on any atom is 0.326 e. The van der Waals surface area contributed by atoms with Crippen molar-refractivity contribution < 1.29 is 15.0 Å². The van der Waals surface area contributed by atoms with Crippen molar-refractivity contribution in [3.05, 3.63) is 24.3 Å². The summed E-state index contributed by atoms with van der Waals surface area (Å²) in [4.78, 5) is 10.9. The standard InChI is InChI=1S/C11H15NO3/c1-7(2)10(11(14)15)12-8-3-5-9(13)6-4-8/h3-7,10,12-13H,1-2H3,(H,14,15). The van der Waals surface area contributed by atoms with Crippen molar-refractivity contribution in [2.24, 2.45) is 5.92 Å². The molecule has 15 heavy (non-hydrogen) atoms. The third-order valence-corrected chi connectivity index (χ3v) is 2.12. The highest BCUT2D eigenvalue weighted by molar-refractivity contribution is 5.77. The SMILES string of the molecule is CC(C)C(Nc1ccc(O)cc1)C(=O)O. The smallest absolute Gasteiger partial charge is 0.326 e. The predicted octanol–water partition coefficient (Wildman–Crippen LogP) is 1.91. The highest BCUT2D eigenvalue weighted by atomic mass is 16.4. The lowest BCUT2D eigenvalue weighted by molar-refractivity contribution is -0.138. The quantitative estimate of drug-likeness (QED) is 0.662. The number of carbonyl (C=O) groups is 1. The minimum atomic E-state index is -0.877. The van der Waals surface area contributed by atoms with Gasteiger partial charge in [0, 0.05) is 5.69 Å². The first-order valence-corrected chi connectivity index (χ1v) is 4.79. The van der Waals surface area contributed by atoms with Gasteiger partial charge in [0.15, 0.2) is 0 Å². The molecule has 0 bridgehead atoms. The van der Waals surface area contributed by atoms with Gasteiger partial charge in [-0.15, -0.1) is 0 Å². The Kier molecular flexibility index (Phi) is 3.55. The van der Waals surface area contributed by atoms with E-state index >= 15 is 0 Å². The molecule has 0 aliphatic rings. The lowest BCUT2D eigenvalue weighted by atomic mass is 10.0. The topological polar surface area (TPSA) is 69.6 Å². The second kappa shape index (κ2) is 4.68. The molecular formula is C11H15NO3. The Morgan fingerprint density at radius 1 is 1.27 bits per heavy atom. The minimum Gasteiger partial charge on any atom is -0.508 e. The molecule has 0 radical (unpaired) electrons. The third kappa shape index (κ3) is 3.16. The van der Waals surface area contributed by atoms with Crippen LogP contribution in [0.4, 0.5) is 5.69 Å². The van der Waals surface area contributed by atoms with Crippen LogP contribution in [-0.2, 0) is 4.79 Å². The molecule has 1 atom stereocenters. The van der Waals surface area contributed by atoms with Crippen molar-refractivity contribution in [2.75, 3.05) is 5.32 Å². The molecule has 3 N–H and O–H groups in total. The van der Waals surface area contributed by atoms with Gasteiger partial charge in [0.2, 0.25) is 0 Å². The molecule has 1 aromatic rings. The zero-order valence-electron chi connectivity index (χ0n) is 8.77. The van der Waals surface area contributed by atoms with Crippen LogP contribution in [0.1, 0.15) is 13.8 Å². The van der Waals surface area contributed by atoms with Gasteiger partial charge in [-0.25, -0.2) is 4.79 Å². The molecular weight excluding hydrogens is 194 g/mol. The molecule has 0 aliphatic heterocycles. The van der Waals surface area contributed by atoms with Crippen LogP contribution in [0.25, 0.3) is 0 Å². The van der Waals surface area contributed by atoms with Crippen molar-refractivity contribution in [1.29, 1.82) is 0 Å². The van der Waals surface area contributed by atoms with E-state index < -0.39 is 12.0 Å². The number of anilines is 1. The Bertz CT molecular complexity index is 332. The fraction of sp³-hybridized carbons (Fsp3) is 0.364. The van der Waals surface area contributed by atoms with Crippen molar-refractivity contribution >= 4 is 11.7 Å². The van der Waals surface area contributed by atoms with Gasteiger partial charge in [-0.05, 0) is 30.2 Å². The Balaban J connectivity index is 2.74. The fourth-order valence-corrected chi connectivity index (χ4v) is 1.25. The van der Waals surface area contributed by atoms with Crippen LogP contribution < -0.4 is 5.32 Å². The number of benzene rings is 1. The first-order chi connectivity index (χ1) is 7.00. The summed E-state index contributed by atoms with van der Waals surface area (Å²) in [6.45, 7) is 3.68. The van der Waals surface area contributed by atoms with E-state index in [4.69, 9.17) is 10.2 Å². The summed E-state index contributed by atoms with van der Waals surface area (Å²) >= 11 is 0. The van der Waals surface area contributed by atoms with Crippen molar-refractivity contribution in [2.45, 2.75) is 19.9 Å². The Labute approximate surface area is 88.6 Å². The molecule has 0 heterocycles. The van der Waals surface area contributed by atoms with Gasteiger partial charge < -0.3 is 15.5 Å². The van der Waals surface area contributed by atoms with E-state index in [1.807, 2.05) is 13.8 Å². The maximum absolute atomic E-state index is 10.9. The number of carboxylic acid groups (broad SMARTS) is 1. The largest absolute Gasteiger partial charge is 0.508 e. The summed E-state index contributed by atoms with van der Waals surface area (Å²) in [5.74, 6) is -0.716. The second-order valence-electron chi connectivity index (χ2n) is 3.75. The molecule has 1 unspecified atom stereocenters. The van der Waals surface area contributed by atoms with Crippen LogP contribution in [0.3, 0.4) is 0 Å². The lowest BCUT2D eigenvalue weighted by Gasteiger charge is -2.18. The molecule has 0 aliphatic carbocycles. The van der Waals surface area contributed by atoms with Crippen molar-refractivity contribution in [3.8, 4) is 5.75 Å². The summed E-state index contributed by atoms with van der Waals surface area (Å²) in [6, 6.07) is 5.71. The molecule has 0 fully saturated rings. The minimum absolute atomic E-state index is 0.00342. The summed E-state index contributed by atoms with van der Waals surface area (Å²) < 4.78 is 0. The van der Waals surface area contributed by atoms with Crippen LogP contribution in [0.5, 0.6) is 5.75 Å².